The molecule has 0 heterocycles. The van der Waals surface area contributed by atoms with E-state index in [1.54, 1.807) is 6.92 Å². The van der Waals surface area contributed by atoms with E-state index >= 15 is 0 Å². The topological polar surface area (TPSA) is 93.7 Å². The smallest absolute Gasteiger partial charge is 0.325 e. The second kappa shape index (κ2) is 13.5. The summed E-state index contributed by atoms with van der Waals surface area (Å²) in [5.41, 5.74) is 0. The van der Waals surface area contributed by atoms with E-state index in [9.17, 15) is 14.4 Å². The van der Waals surface area contributed by atoms with Gasteiger partial charge in [0.15, 0.2) is 11.8 Å². The van der Waals surface area contributed by atoms with Crippen LogP contribution >= 0.6 is 17.3 Å². The number of amides is 2. The molecule has 7 nitrogen and oxygen atoms in total. The Hall–Kier alpha value is -0.760. The molecule has 0 aromatic carbocycles. The molecule has 0 saturated carbocycles. The first-order chi connectivity index (χ1) is 11.3. The van der Waals surface area contributed by atoms with Crippen molar-refractivity contribution in [1.29, 1.82) is 0 Å². The minimum absolute atomic E-state index is 0.116. The molecule has 2 amide bonds. The molecule has 0 bridgehead atoms. The van der Waals surface area contributed by atoms with Crippen LogP contribution in [0.25, 0.3) is 0 Å². The maximum atomic E-state index is 12.1. The molecule has 2 N–H and O–H groups in total. The SMILES string of the molecule is CCOC[P+](=S)SCC(=O)N[C@H](C(=O)NCC(=O)OCC)C(C)C. The third-order valence-electron chi connectivity index (χ3n) is 2.72. The molecule has 24 heavy (non-hydrogen) atoms. The minimum Gasteiger partial charge on any atom is -0.465 e. The highest BCUT2D eigenvalue weighted by Gasteiger charge is 2.25. The standard InChI is InChI=1S/C14H25N2O5PS2/c1-5-20-9-22(23)24-8-11(17)16-13(10(3)4)14(19)15-7-12(18)21-6-2/h10,13H,5-9H2,1-4H3,(H-,15,16,17,19)/p+1/t13-/m0/s1. The van der Waals surface area contributed by atoms with Crippen molar-refractivity contribution in [2.24, 2.45) is 5.92 Å². The van der Waals surface area contributed by atoms with E-state index in [1.807, 2.05) is 20.8 Å². The van der Waals surface area contributed by atoms with Gasteiger partial charge in [-0.1, -0.05) is 13.8 Å². The van der Waals surface area contributed by atoms with Crippen LogP contribution in [0.2, 0.25) is 0 Å². The van der Waals surface area contributed by atoms with Crippen LogP contribution in [0.3, 0.4) is 0 Å². The van der Waals surface area contributed by atoms with Gasteiger partial charge < -0.3 is 20.1 Å². The van der Waals surface area contributed by atoms with Crippen LogP contribution < -0.4 is 10.6 Å². The highest BCUT2D eigenvalue weighted by molar-refractivity contribution is 8.64. The summed E-state index contributed by atoms with van der Waals surface area (Å²) < 4.78 is 9.97. The van der Waals surface area contributed by atoms with Crippen LogP contribution in [0.1, 0.15) is 27.7 Å². The van der Waals surface area contributed by atoms with Gasteiger partial charge in [0.2, 0.25) is 18.2 Å². The zero-order chi connectivity index (χ0) is 18.5. The van der Waals surface area contributed by atoms with Gasteiger partial charge in [0.1, 0.15) is 29.7 Å². The van der Waals surface area contributed by atoms with E-state index in [0.717, 1.165) is 0 Å². The zero-order valence-corrected chi connectivity index (χ0v) is 17.0. The van der Waals surface area contributed by atoms with Crippen molar-refractivity contribution in [3.63, 3.8) is 0 Å². The van der Waals surface area contributed by atoms with Crippen LogP contribution in [0.15, 0.2) is 0 Å². The molecule has 0 aromatic heterocycles. The van der Waals surface area contributed by atoms with Crippen molar-refractivity contribution in [3.8, 4) is 0 Å². The van der Waals surface area contributed by atoms with Crippen molar-refractivity contribution < 1.29 is 23.9 Å². The second-order valence-electron chi connectivity index (χ2n) is 5.04. The highest BCUT2D eigenvalue weighted by Crippen LogP contribution is 2.37. The molecule has 0 spiro atoms. The first kappa shape index (κ1) is 23.2. The Balaban J connectivity index is 4.35. The average Bonchev–Trinajstić information content (AvgIpc) is 2.53. The molecule has 0 aliphatic rings. The number of ether oxygens (including phenoxy) is 2. The molecular formula is C14H26N2O5PS2+. The minimum atomic E-state index is -0.839. The summed E-state index contributed by atoms with van der Waals surface area (Å²) in [6.07, 6.45) is 0.465. The summed E-state index contributed by atoms with van der Waals surface area (Å²) in [7, 11) is 0. The van der Waals surface area contributed by atoms with Crippen molar-refractivity contribution in [2.75, 3.05) is 31.9 Å². The first-order valence-corrected chi connectivity index (χ1v) is 11.8. The Bertz CT molecular complexity index is 449. The predicted molar refractivity (Wildman–Crippen MR) is 99.6 cm³/mol. The van der Waals surface area contributed by atoms with Gasteiger partial charge in [-0.15, -0.1) is 0 Å². The van der Waals surface area contributed by atoms with Gasteiger partial charge in [0, 0.05) is 6.61 Å². The molecule has 0 aliphatic heterocycles. The second-order valence-corrected chi connectivity index (χ2v) is 10.6. The lowest BCUT2D eigenvalue weighted by Crippen LogP contribution is -2.51. The zero-order valence-electron chi connectivity index (χ0n) is 14.5. The molecule has 0 aromatic rings. The Morgan fingerprint density at radius 1 is 1.21 bits per heavy atom. The number of carbonyl (C=O) groups excluding carboxylic acids is 3. The number of rotatable bonds is 12. The monoisotopic (exact) mass is 397 g/mol. The molecule has 0 radical (unpaired) electrons. The van der Waals surface area contributed by atoms with Crippen LogP contribution in [0.4, 0.5) is 0 Å². The van der Waals surface area contributed by atoms with Crippen LogP contribution in [0, 0.1) is 5.92 Å². The molecule has 10 heteroatoms. The summed E-state index contributed by atoms with van der Waals surface area (Å²) in [4.78, 5) is 35.4. The lowest BCUT2D eigenvalue weighted by atomic mass is 10.0. The molecule has 0 aliphatic carbocycles. The van der Waals surface area contributed by atoms with E-state index < -0.39 is 23.8 Å². The van der Waals surface area contributed by atoms with E-state index in [0.29, 0.717) is 13.0 Å². The Morgan fingerprint density at radius 3 is 2.42 bits per heavy atom. The average molecular weight is 397 g/mol. The fourth-order valence-electron chi connectivity index (χ4n) is 1.57. The normalized spacial score (nSPS) is 12.5. The summed E-state index contributed by atoms with van der Waals surface area (Å²) in [5.74, 6) is -1.96. The summed E-state index contributed by atoms with van der Waals surface area (Å²) in [6.45, 7) is 7.84. The maximum Gasteiger partial charge on any atom is 0.325 e. The van der Waals surface area contributed by atoms with Crippen molar-refractivity contribution in [3.05, 3.63) is 0 Å². The molecule has 0 saturated heterocycles. The predicted octanol–water partition coefficient (Wildman–Crippen LogP) is 1.39. The molecule has 0 fully saturated rings. The molecule has 2 atom stereocenters. The van der Waals surface area contributed by atoms with Gasteiger partial charge in [0.25, 0.3) is 5.90 Å². The van der Waals surface area contributed by atoms with Crippen LogP contribution in [-0.4, -0.2) is 55.7 Å². The first-order valence-electron chi connectivity index (χ1n) is 7.69. The van der Waals surface area contributed by atoms with E-state index in [2.05, 4.69) is 10.6 Å². The number of nitrogens with one attached hydrogen (secondary N) is 2. The van der Waals surface area contributed by atoms with Gasteiger partial charge >= 0.3 is 5.97 Å². The third-order valence-corrected chi connectivity index (χ3v) is 6.62. The van der Waals surface area contributed by atoms with Gasteiger partial charge in [-0.3, -0.25) is 14.4 Å². The quantitative estimate of drug-likeness (QED) is 0.380. The number of hydrogen-bond donors (Lipinski definition) is 2. The molecule has 0 rings (SSSR count). The summed E-state index contributed by atoms with van der Waals surface area (Å²) in [5, 5.41) is 5.16. The maximum absolute atomic E-state index is 12.1. The number of esters is 1. The van der Waals surface area contributed by atoms with Gasteiger partial charge in [-0.05, 0) is 19.8 Å². The summed E-state index contributed by atoms with van der Waals surface area (Å²) in [6, 6.07) is -0.712. The lowest BCUT2D eigenvalue weighted by Gasteiger charge is -2.21. The largest absolute Gasteiger partial charge is 0.465 e. The number of hydrogen-bond acceptors (Lipinski definition) is 7. The van der Waals surface area contributed by atoms with E-state index in [1.165, 1.54) is 11.4 Å². The van der Waals surface area contributed by atoms with Crippen molar-refractivity contribution >= 4 is 46.9 Å². The van der Waals surface area contributed by atoms with Gasteiger partial charge in [0.05, 0.1) is 6.61 Å². The molecular weight excluding hydrogens is 371 g/mol. The highest BCUT2D eigenvalue weighted by atomic mass is 32.9. The van der Waals surface area contributed by atoms with Crippen molar-refractivity contribution in [2.45, 2.75) is 33.7 Å². The Kier molecular flexibility index (Phi) is 13.1. The fraction of sp³-hybridized carbons (Fsp3) is 0.786. The van der Waals surface area contributed by atoms with Crippen LogP contribution in [-0.2, 0) is 35.7 Å². The Labute approximate surface area is 153 Å². The summed E-state index contributed by atoms with van der Waals surface area (Å²) >= 11 is 6.58. The van der Waals surface area contributed by atoms with Gasteiger partial charge in [-0.25, -0.2) is 0 Å². The van der Waals surface area contributed by atoms with E-state index in [4.69, 9.17) is 21.3 Å². The number of carbonyl (C=O) groups is 3. The molecule has 1 unspecified atom stereocenters. The van der Waals surface area contributed by atoms with E-state index in [-0.39, 0.29) is 30.7 Å². The van der Waals surface area contributed by atoms with Crippen LogP contribution in [0.5, 0.6) is 0 Å². The Morgan fingerprint density at radius 2 is 1.88 bits per heavy atom. The molecule has 138 valence electrons. The third kappa shape index (κ3) is 10.9. The fourth-order valence-corrected chi connectivity index (χ4v) is 4.24. The van der Waals surface area contributed by atoms with Gasteiger partial charge in [-0.2, -0.15) is 0 Å². The van der Waals surface area contributed by atoms with Crippen molar-refractivity contribution in [1.82, 2.24) is 10.6 Å². The lowest BCUT2D eigenvalue weighted by molar-refractivity contribution is -0.143.